The van der Waals surface area contributed by atoms with E-state index in [1.807, 2.05) is 6.92 Å². The third kappa shape index (κ3) is 2.71. The van der Waals surface area contributed by atoms with Crippen LogP contribution in [0.25, 0.3) is 0 Å². The molecule has 5 heteroatoms. The number of piperazine rings is 1. The highest BCUT2D eigenvalue weighted by Crippen LogP contribution is 2.38. The third-order valence-electron chi connectivity index (χ3n) is 4.87. The maximum absolute atomic E-state index is 5.65. The van der Waals surface area contributed by atoms with E-state index in [9.17, 15) is 0 Å². The number of aromatic nitrogens is 2. The smallest absolute Gasteiger partial charge is 0.221 e. The van der Waals surface area contributed by atoms with E-state index in [0.717, 1.165) is 36.9 Å². The molecule has 3 rings (SSSR count). The molecule has 2 heterocycles. The fourth-order valence-electron chi connectivity index (χ4n) is 3.81. The number of rotatable bonds is 3. The largest absolute Gasteiger partial charge is 0.478 e. The van der Waals surface area contributed by atoms with Gasteiger partial charge in [-0.2, -0.15) is 0 Å². The van der Waals surface area contributed by atoms with Crippen LogP contribution in [0.3, 0.4) is 0 Å². The maximum Gasteiger partial charge on any atom is 0.221 e. The first-order valence-corrected chi connectivity index (χ1v) is 8.19. The van der Waals surface area contributed by atoms with Gasteiger partial charge in [0.2, 0.25) is 5.88 Å². The summed E-state index contributed by atoms with van der Waals surface area (Å²) in [5, 5.41) is 3.59. The number of ether oxygens (including phenoxy) is 1. The van der Waals surface area contributed by atoms with Crippen LogP contribution in [0.15, 0.2) is 6.33 Å². The van der Waals surface area contributed by atoms with Crippen LogP contribution in [0, 0.1) is 6.92 Å². The first-order valence-electron chi connectivity index (χ1n) is 8.19. The third-order valence-corrected chi connectivity index (χ3v) is 4.87. The molecule has 1 aromatic heterocycles. The van der Waals surface area contributed by atoms with Crippen molar-refractivity contribution in [3.63, 3.8) is 0 Å². The van der Waals surface area contributed by atoms with Gasteiger partial charge in [0.05, 0.1) is 17.7 Å². The zero-order chi connectivity index (χ0) is 14.7. The highest BCUT2D eigenvalue weighted by atomic mass is 16.5. The van der Waals surface area contributed by atoms with Crippen molar-refractivity contribution in [2.24, 2.45) is 0 Å². The van der Waals surface area contributed by atoms with E-state index < -0.39 is 0 Å². The zero-order valence-electron chi connectivity index (χ0n) is 13.2. The Morgan fingerprint density at radius 1 is 1.29 bits per heavy atom. The van der Waals surface area contributed by atoms with Gasteiger partial charge in [-0.3, -0.25) is 0 Å². The number of hydrogen-bond acceptors (Lipinski definition) is 5. The number of anilines is 1. The van der Waals surface area contributed by atoms with Crippen LogP contribution in [0.4, 0.5) is 5.82 Å². The minimum absolute atomic E-state index is 0.235. The van der Waals surface area contributed by atoms with Gasteiger partial charge in [-0.25, -0.2) is 9.97 Å². The first kappa shape index (κ1) is 14.6. The minimum Gasteiger partial charge on any atom is -0.478 e. The molecule has 1 saturated heterocycles. The number of nitrogens with one attached hydrogen (secondary N) is 1. The summed E-state index contributed by atoms with van der Waals surface area (Å²) in [6.07, 6.45) is 8.16. The lowest BCUT2D eigenvalue weighted by atomic mass is 9.79. The van der Waals surface area contributed by atoms with E-state index in [1.165, 1.54) is 32.1 Å². The van der Waals surface area contributed by atoms with Crippen LogP contribution in [-0.2, 0) is 0 Å². The standard InChI is InChI=1S/C16H26N4O/c1-3-21-15-13(2)14(18-12-19-15)20-10-9-17-11-16(20)7-5-4-6-8-16/h12,17H,3-11H2,1-2H3. The molecule has 1 spiro atoms. The molecule has 116 valence electrons. The van der Waals surface area contributed by atoms with Gasteiger partial charge in [0.1, 0.15) is 12.1 Å². The molecule has 1 aliphatic carbocycles. The fraction of sp³-hybridized carbons (Fsp3) is 0.750. The summed E-state index contributed by atoms with van der Waals surface area (Å²) in [6, 6.07) is 0. The fourth-order valence-corrected chi connectivity index (χ4v) is 3.81. The van der Waals surface area contributed by atoms with Crippen molar-refractivity contribution in [2.45, 2.75) is 51.5 Å². The number of nitrogens with zero attached hydrogens (tertiary/aromatic N) is 3. The Balaban J connectivity index is 1.95. The van der Waals surface area contributed by atoms with Crippen molar-refractivity contribution < 1.29 is 4.74 Å². The molecule has 1 N–H and O–H groups in total. The minimum atomic E-state index is 0.235. The van der Waals surface area contributed by atoms with E-state index in [4.69, 9.17) is 4.74 Å². The van der Waals surface area contributed by atoms with Crippen LogP contribution < -0.4 is 15.0 Å². The molecule has 0 radical (unpaired) electrons. The zero-order valence-corrected chi connectivity index (χ0v) is 13.2. The molecule has 1 aliphatic heterocycles. The van der Waals surface area contributed by atoms with E-state index >= 15 is 0 Å². The lowest BCUT2D eigenvalue weighted by Crippen LogP contribution is -2.62. The van der Waals surface area contributed by atoms with E-state index in [-0.39, 0.29) is 5.54 Å². The Kier molecular flexibility index (Phi) is 4.29. The van der Waals surface area contributed by atoms with Crippen molar-refractivity contribution in [2.75, 3.05) is 31.1 Å². The van der Waals surface area contributed by atoms with E-state index in [2.05, 4.69) is 27.1 Å². The van der Waals surface area contributed by atoms with Crippen LogP contribution in [-0.4, -0.2) is 41.7 Å². The van der Waals surface area contributed by atoms with Gasteiger partial charge < -0.3 is 15.0 Å². The van der Waals surface area contributed by atoms with E-state index in [1.54, 1.807) is 6.33 Å². The van der Waals surface area contributed by atoms with Crippen molar-refractivity contribution in [3.05, 3.63) is 11.9 Å². The first-order chi connectivity index (χ1) is 10.3. The Morgan fingerprint density at radius 2 is 2.10 bits per heavy atom. The van der Waals surface area contributed by atoms with Crippen LogP contribution in [0.5, 0.6) is 5.88 Å². The van der Waals surface area contributed by atoms with Gasteiger partial charge in [-0.1, -0.05) is 19.3 Å². The lowest BCUT2D eigenvalue weighted by molar-refractivity contribution is 0.239. The summed E-state index contributed by atoms with van der Waals surface area (Å²) in [5.41, 5.74) is 1.31. The average Bonchev–Trinajstić information content (AvgIpc) is 2.51. The maximum atomic E-state index is 5.65. The summed E-state index contributed by atoms with van der Waals surface area (Å²) < 4.78 is 5.65. The quantitative estimate of drug-likeness (QED) is 0.925. The average molecular weight is 290 g/mol. The molecule has 5 nitrogen and oxygen atoms in total. The van der Waals surface area contributed by atoms with Gasteiger partial charge in [-0.05, 0) is 26.7 Å². The van der Waals surface area contributed by atoms with Crippen LogP contribution in [0.1, 0.15) is 44.6 Å². The molecule has 0 atom stereocenters. The van der Waals surface area contributed by atoms with E-state index in [0.29, 0.717) is 6.61 Å². The van der Waals surface area contributed by atoms with Gasteiger partial charge in [0.15, 0.2) is 0 Å². The van der Waals surface area contributed by atoms with Gasteiger partial charge in [-0.15, -0.1) is 0 Å². The summed E-state index contributed by atoms with van der Waals surface area (Å²) in [7, 11) is 0. The SMILES string of the molecule is CCOc1ncnc(N2CCNCC23CCCCC3)c1C. The monoisotopic (exact) mass is 290 g/mol. The van der Waals surface area contributed by atoms with Crippen molar-refractivity contribution in [3.8, 4) is 5.88 Å². The molecule has 2 aliphatic rings. The second-order valence-electron chi connectivity index (χ2n) is 6.17. The summed E-state index contributed by atoms with van der Waals surface area (Å²) in [5.74, 6) is 1.80. The highest BCUT2D eigenvalue weighted by Gasteiger charge is 2.41. The van der Waals surface area contributed by atoms with Crippen molar-refractivity contribution >= 4 is 5.82 Å². The molecular formula is C16H26N4O. The molecular weight excluding hydrogens is 264 g/mol. The topological polar surface area (TPSA) is 50.3 Å². The normalized spacial score (nSPS) is 21.5. The van der Waals surface area contributed by atoms with Gasteiger partial charge in [0.25, 0.3) is 0 Å². The van der Waals surface area contributed by atoms with Gasteiger partial charge in [0, 0.05) is 19.6 Å². The Hall–Kier alpha value is -1.36. The highest BCUT2D eigenvalue weighted by molar-refractivity contribution is 5.53. The Labute approximate surface area is 127 Å². The van der Waals surface area contributed by atoms with Gasteiger partial charge >= 0.3 is 0 Å². The Bertz CT molecular complexity index is 477. The van der Waals surface area contributed by atoms with Crippen LogP contribution in [0.2, 0.25) is 0 Å². The predicted molar refractivity (Wildman–Crippen MR) is 84.0 cm³/mol. The molecule has 0 amide bonds. The summed E-state index contributed by atoms with van der Waals surface area (Å²) >= 11 is 0. The molecule has 1 aromatic rings. The molecule has 0 bridgehead atoms. The second-order valence-corrected chi connectivity index (χ2v) is 6.17. The van der Waals surface area contributed by atoms with Crippen LogP contribution >= 0.6 is 0 Å². The lowest BCUT2D eigenvalue weighted by Gasteiger charge is -2.50. The molecule has 21 heavy (non-hydrogen) atoms. The molecule has 0 unspecified atom stereocenters. The number of hydrogen-bond donors (Lipinski definition) is 1. The Morgan fingerprint density at radius 3 is 2.86 bits per heavy atom. The predicted octanol–water partition coefficient (Wildman–Crippen LogP) is 2.30. The van der Waals surface area contributed by atoms with Crippen molar-refractivity contribution in [1.29, 1.82) is 0 Å². The second kappa shape index (κ2) is 6.18. The molecule has 2 fully saturated rings. The van der Waals surface area contributed by atoms with Crippen molar-refractivity contribution in [1.82, 2.24) is 15.3 Å². The molecule has 1 saturated carbocycles. The molecule has 0 aromatic carbocycles. The summed E-state index contributed by atoms with van der Waals surface area (Å²) in [6.45, 7) is 7.83. The summed E-state index contributed by atoms with van der Waals surface area (Å²) in [4.78, 5) is 11.4.